The number of phenols is 1. The van der Waals surface area contributed by atoms with Crippen molar-refractivity contribution in [2.75, 3.05) is 0 Å². The highest BCUT2D eigenvalue weighted by atomic mass is 16.5. The van der Waals surface area contributed by atoms with Gasteiger partial charge in [-0.3, -0.25) is 4.79 Å². The quantitative estimate of drug-likeness (QED) is 0.778. The Kier molecular flexibility index (Phi) is 2.88. The number of benzene rings is 1. The van der Waals surface area contributed by atoms with Crippen LogP contribution >= 0.6 is 0 Å². The van der Waals surface area contributed by atoms with Gasteiger partial charge in [0.2, 0.25) is 0 Å². The van der Waals surface area contributed by atoms with Gasteiger partial charge in [0.15, 0.2) is 11.5 Å². The Morgan fingerprint density at radius 2 is 2.00 bits per heavy atom. The molecule has 0 aromatic heterocycles. The van der Waals surface area contributed by atoms with Crippen LogP contribution in [0.25, 0.3) is 0 Å². The van der Waals surface area contributed by atoms with E-state index in [1.807, 2.05) is 20.8 Å². The van der Waals surface area contributed by atoms with Gasteiger partial charge in [-0.2, -0.15) is 0 Å². The molecule has 0 saturated carbocycles. The number of carbonyl (C=O) groups excluding carboxylic acids is 1. The highest BCUT2D eigenvalue weighted by Crippen LogP contribution is 2.31. The highest BCUT2D eigenvalue weighted by molar-refractivity contribution is 5.96. The molecule has 0 aliphatic rings. The normalized spacial score (nSPS) is 11.1. The summed E-state index contributed by atoms with van der Waals surface area (Å²) in [6, 6.07) is 4.65. The summed E-state index contributed by atoms with van der Waals surface area (Å²) in [4.78, 5) is 10.9. The van der Waals surface area contributed by atoms with Crippen LogP contribution in [0.4, 0.5) is 0 Å². The van der Waals surface area contributed by atoms with Crippen LogP contribution in [0, 0.1) is 0 Å². The standard InChI is InChI=1S/C11H15NO3/c1-11(2,3)15-8-6-4-5-7(9(8)13)10(12)14/h4-6,13H,1-3H3,(H2,12,14). The van der Waals surface area contributed by atoms with Crippen molar-refractivity contribution in [3.8, 4) is 11.5 Å². The van der Waals surface area contributed by atoms with Crippen molar-refractivity contribution in [1.82, 2.24) is 0 Å². The number of hydrogen-bond acceptors (Lipinski definition) is 3. The van der Waals surface area contributed by atoms with E-state index in [4.69, 9.17) is 10.5 Å². The van der Waals surface area contributed by atoms with E-state index in [1.165, 1.54) is 6.07 Å². The number of para-hydroxylation sites is 1. The lowest BCUT2D eigenvalue weighted by molar-refractivity contribution is 0.0991. The summed E-state index contributed by atoms with van der Waals surface area (Å²) in [6.45, 7) is 5.55. The van der Waals surface area contributed by atoms with Crippen molar-refractivity contribution in [3.05, 3.63) is 23.8 Å². The van der Waals surface area contributed by atoms with Gasteiger partial charge in [-0.15, -0.1) is 0 Å². The molecule has 0 saturated heterocycles. The molecule has 0 aliphatic heterocycles. The summed E-state index contributed by atoms with van der Waals surface area (Å²) in [5.41, 5.74) is 4.72. The predicted octanol–water partition coefficient (Wildman–Crippen LogP) is 1.67. The molecule has 0 bridgehead atoms. The van der Waals surface area contributed by atoms with E-state index in [9.17, 15) is 9.90 Å². The molecule has 82 valence electrons. The van der Waals surface area contributed by atoms with Crippen LogP contribution in [-0.2, 0) is 0 Å². The number of rotatable bonds is 2. The van der Waals surface area contributed by atoms with Gasteiger partial charge in [-0.1, -0.05) is 6.07 Å². The van der Waals surface area contributed by atoms with Crippen LogP contribution in [-0.4, -0.2) is 16.6 Å². The van der Waals surface area contributed by atoms with E-state index in [-0.39, 0.29) is 17.1 Å². The van der Waals surface area contributed by atoms with Crippen molar-refractivity contribution in [2.24, 2.45) is 5.73 Å². The molecule has 0 atom stereocenters. The van der Waals surface area contributed by atoms with E-state index in [0.717, 1.165) is 0 Å². The average Bonchev–Trinajstić information content (AvgIpc) is 2.05. The molecule has 0 heterocycles. The van der Waals surface area contributed by atoms with Crippen LogP contribution in [0.15, 0.2) is 18.2 Å². The Morgan fingerprint density at radius 3 is 2.47 bits per heavy atom. The minimum absolute atomic E-state index is 0.0664. The van der Waals surface area contributed by atoms with Crippen LogP contribution < -0.4 is 10.5 Å². The third-order valence-electron chi connectivity index (χ3n) is 1.68. The Balaban J connectivity index is 3.10. The van der Waals surface area contributed by atoms with E-state index < -0.39 is 11.5 Å². The lowest BCUT2D eigenvalue weighted by Crippen LogP contribution is -2.23. The molecule has 4 heteroatoms. The largest absolute Gasteiger partial charge is 0.504 e. The zero-order valence-electron chi connectivity index (χ0n) is 9.07. The lowest BCUT2D eigenvalue weighted by atomic mass is 10.1. The molecular weight excluding hydrogens is 194 g/mol. The third kappa shape index (κ3) is 2.87. The van der Waals surface area contributed by atoms with Crippen molar-refractivity contribution in [1.29, 1.82) is 0 Å². The number of ether oxygens (including phenoxy) is 1. The Bertz CT molecular complexity index is 380. The van der Waals surface area contributed by atoms with E-state index in [1.54, 1.807) is 12.1 Å². The molecule has 3 N–H and O–H groups in total. The Labute approximate surface area is 88.7 Å². The second-order valence-corrected chi connectivity index (χ2v) is 4.23. The van der Waals surface area contributed by atoms with E-state index >= 15 is 0 Å². The van der Waals surface area contributed by atoms with Crippen LogP contribution in [0.1, 0.15) is 31.1 Å². The van der Waals surface area contributed by atoms with Crippen LogP contribution in [0.3, 0.4) is 0 Å². The smallest absolute Gasteiger partial charge is 0.252 e. The molecule has 0 spiro atoms. The number of primary amides is 1. The molecule has 4 nitrogen and oxygen atoms in total. The maximum Gasteiger partial charge on any atom is 0.252 e. The summed E-state index contributed by atoms with van der Waals surface area (Å²) in [7, 11) is 0. The van der Waals surface area contributed by atoms with Gasteiger partial charge < -0.3 is 15.6 Å². The first-order valence-electron chi connectivity index (χ1n) is 4.62. The lowest BCUT2D eigenvalue weighted by Gasteiger charge is -2.22. The van der Waals surface area contributed by atoms with Gasteiger partial charge in [-0.25, -0.2) is 0 Å². The maximum atomic E-state index is 10.9. The van der Waals surface area contributed by atoms with E-state index in [2.05, 4.69) is 0 Å². The van der Waals surface area contributed by atoms with Gasteiger partial charge in [0.1, 0.15) is 5.60 Å². The molecule has 15 heavy (non-hydrogen) atoms. The fourth-order valence-electron chi connectivity index (χ4n) is 1.13. The number of amides is 1. The van der Waals surface area contributed by atoms with Gasteiger partial charge in [0.25, 0.3) is 5.91 Å². The first kappa shape index (κ1) is 11.4. The van der Waals surface area contributed by atoms with Crippen molar-refractivity contribution < 1.29 is 14.6 Å². The van der Waals surface area contributed by atoms with Gasteiger partial charge in [0.05, 0.1) is 5.56 Å². The van der Waals surface area contributed by atoms with E-state index in [0.29, 0.717) is 0 Å². The summed E-state index contributed by atoms with van der Waals surface area (Å²) >= 11 is 0. The van der Waals surface area contributed by atoms with Crippen LogP contribution in [0.2, 0.25) is 0 Å². The fourth-order valence-corrected chi connectivity index (χ4v) is 1.13. The Morgan fingerprint density at radius 1 is 1.40 bits per heavy atom. The molecule has 0 aliphatic carbocycles. The summed E-state index contributed by atoms with van der Waals surface area (Å²) < 4.78 is 5.47. The number of hydrogen-bond donors (Lipinski definition) is 2. The topological polar surface area (TPSA) is 72.5 Å². The summed E-state index contributed by atoms with van der Waals surface area (Å²) in [6.07, 6.45) is 0. The maximum absolute atomic E-state index is 10.9. The average molecular weight is 209 g/mol. The fraction of sp³-hybridized carbons (Fsp3) is 0.364. The monoisotopic (exact) mass is 209 g/mol. The highest BCUT2D eigenvalue weighted by Gasteiger charge is 2.17. The molecule has 0 radical (unpaired) electrons. The number of aromatic hydroxyl groups is 1. The molecule has 0 unspecified atom stereocenters. The predicted molar refractivity (Wildman–Crippen MR) is 57.0 cm³/mol. The van der Waals surface area contributed by atoms with Crippen molar-refractivity contribution in [2.45, 2.75) is 26.4 Å². The zero-order chi connectivity index (χ0) is 11.6. The SMILES string of the molecule is CC(C)(C)Oc1cccc(C(N)=O)c1O. The molecule has 1 aromatic rings. The summed E-state index contributed by atoms with van der Waals surface area (Å²) in [5, 5.41) is 9.70. The van der Waals surface area contributed by atoms with Crippen molar-refractivity contribution in [3.63, 3.8) is 0 Å². The molecule has 0 fully saturated rings. The number of carbonyl (C=O) groups is 1. The van der Waals surface area contributed by atoms with Gasteiger partial charge in [-0.05, 0) is 32.9 Å². The first-order chi connectivity index (χ1) is 6.81. The van der Waals surface area contributed by atoms with Crippen LogP contribution in [0.5, 0.6) is 11.5 Å². The first-order valence-corrected chi connectivity index (χ1v) is 4.62. The molecule has 1 rings (SSSR count). The van der Waals surface area contributed by atoms with Gasteiger partial charge in [0, 0.05) is 0 Å². The molecular formula is C11H15NO3. The van der Waals surface area contributed by atoms with Gasteiger partial charge >= 0.3 is 0 Å². The zero-order valence-corrected chi connectivity index (χ0v) is 9.07. The second-order valence-electron chi connectivity index (χ2n) is 4.23. The number of nitrogens with two attached hydrogens (primary N) is 1. The third-order valence-corrected chi connectivity index (χ3v) is 1.68. The van der Waals surface area contributed by atoms with Crippen molar-refractivity contribution >= 4 is 5.91 Å². The second kappa shape index (κ2) is 3.81. The minimum atomic E-state index is -0.674. The minimum Gasteiger partial charge on any atom is -0.504 e. The molecule has 1 amide bonds. The molecule has 1 aromatic carbocycles. The Hall–Kier alpha value is -1.71. The summed E-state index contributed by atoms with van der Waals surface area (Å²) in [5.74, 6) is -0.620.